The predicted molar refractivity (Wildman–Crippen MR) is 86.8 cm³/mol. The van der Waals surface area contributed by atoms with Crippen molar-refractivity contribution >= 4 is 5.91 Å². The van der Waals surface area contributed by atoms with Crippen molar-refractivity contribution in [3.63, 3.8) is 0 Å². The maximum absolute atomic E-state index is 13.2. The average Bonchev–Trinajstić information content (AvgIpc) is 2.54. The van der Waals surface area contributed by atoms with E-state index in [0.717, 1.165) is 29.7 Å². The first kappa shape index (κ1) is 18.7. The number of aryl methyl sites for hydroxylation is 1. The van der Waals surface area contributed by atoms with Gasteiger partial charge in [0, 0.05) is 18.3 Å². The van der Waals surface area contributed by atoms with Crippen LogP contribution in [0.1, 0.15) is 41.5 Å². The summed E-state index contributed by atoms with van der Waals surface area (Å²) < 4.78 is 40.7. The Kier molecular flexibility index (Phi) is 5.61. The van der Waals surface area contributed by atoms with Gasteiger partial charge >= 0.3 is 6.18 Å². The molecule has 1 aromatic carbocycles. The van der Waals surface area contributed by atoms with E-state index in [1.54, 1.807) is 0 Å². The number of nitrogens with zero attached hydrogens (tertiary/aromatic N) is 2. The number of halogens is 3. The Morgan fingerprint density at radius 1 is 1.28 bits per heavy atom. The first-order valence-electron chi connectivity index (χ1n) is 7.81. The van der Waals surface area contributed by atoms with E-state index in [9.17, 15) is 22.8 Å². The number of benzene rings is 1. The summed E-state index contributed by atoms with van der Waals surface area (Å²) in [5, 5.41) is 6.43. The molecular formula is C17H18F3N3O2. The number of nitrogens with one attached hydrogen (secondary N) is 1. The van der Waals surface area contributed by atoms with Gasteiger partial charge in [-0.15, -0.1) is 0 Å². The molecule has 134 valence electrons. The molecule has 0 saturated heterocycles. The maximum atomic E-state index is 13.2. The van der Waals surface area contributed by atoms with Crippen LogP contribution < -0.4 is 10.7 Å². The van der Waals surface area contributed by atoms with Gasteiger partial charge in [-0.1, -0.05) is 25.5 Å². The molecule has 1 heterocycles. The molecule has 8 heteroatoms. The number of carbonyl (C=O) groups is 1. The summed E-state index contributed by atoms with van der Waals surface area (Å²) in [5.41, 5.74) is -2.00. The minimum absolute atomic E-state index is 0.201. The second-order valence-corrected chi connectivity index (χ2v) is 5.53. The molecule has 0 unspecified atom stereocenters. The fourth-order valence-corrected chi connectivity index (χ4v) is 2.31. The van der Waals surface area contributed by atoms with Crippen molar-refractivity contribution in [2.75, 3.05) is 6.54 Å². The molecule has 1 N–H and O–H groups in total. The lowest BCUT2D eigenvalue weighted by Crippen LogP contribution is -2.32. The Labute approximate surface area is 142 Å². The fourth-order valence-electron chi connectivity index (χ4n) is 2.31. The molecule has 0 aliphatic carbocycles. The van der Waals surface area contributed by atoms with E-state index in [0.29, 0.717) is 6.54 Å². The lowest BCUT2D eigenvalue weighted by atomic mass is 10.1. The van der Waals surface area contributed by atoms with Crippen molar-refractivity contribution in [3.8, 4) is 5.69 Å². The Balaban J connectivity index is 2.52. The van der Waals surface area contributed by atoms with Crippen LogP contribution in [0, 0.1) is 6.92 Å². The topological polar surface area (TPSA) is 64.0 Å². The standard InChI is InChI=1S/C17H18F3N3O2/c1-3-4-9-21-16(25)15-14(24)10-11(2)23(22-15)13-8-6-5-7-12(13)17(18,19)20/h5-8,10H,3-4,9H2,1-2H3,(H,21,25). The number of para-hydroxylation sites is 1. The first-order valence-corrected chi connectivity index (χ1v) is 7.81. The van der Waals surface area contributed by atoms with Crippen LogP contribution in [0.5, 0.6) is 0 Å². The normalized spacial score (nSPS) is 11.4. The van der Waals surface area contributed by atoms with Crippen LogP contribution in [0.15, 0.2) is 35.1 Å². The van der Waals surface area contributed by atoms with E-state index in [1.165, 1.54) is 25.1 Å². The van der Waals surface area contributed by atoms with Crippen molar-refractivity contribution in [2.24, 2.45) is 0 Å². The summed E-state index contributed by atoms with van der Waals surface area (Å²) in [6.07, 6.45) is -3.01. The number of rotatable bonds is 5. The van der Waals surface area contributed by atoms with Gasteiger partial charge in [-0.05, 0) is 25.5 Å². The molecule has 25 heavy (non-hydrogen) atoms. The van der Waals surface area contributed by atoms with Crippen LogP contribution in [0.25, 0.3) is 5.69 Å². The van der Waals surface area contributed by atoms with Gasteiger partial charge in [0.25, 0.3) is 5.91 Å². The predicted octanol–water partition coefficient (Wildman–Crippen LogP) is 3.09. The highest BCUT2D eigenvalue weighted by molar-refractivity contribution is 5.92. The molecule has 1 amide bonds. The second-order valence-electron chi connectivity index (χ2n) is 5.53. The molecule has 0 saturated carbocycles. The monoisotopic (exact) mass is 353 g/mol. The third kappa shape index (κ3) is 4.26. The lowest BCUT2D eigenvalue weighted by molar-refractivity contribution is -0.137. The zero-order valence-corrected chi connectivity index (χ0v) is 13.9. The summed E-state index contributed by atoms with van der Waals surface area (Å²) in [6, 6.07) is 5.98. The average molecular weight is 353 g/mol. The zero-order valence-electron chi connectivity index (χ0n) is 13.9. The van der Waals surface area contributed by atoms with Crippen molar-refractivity contribution in [2.45, 2.75) is 32.9 Å². The quantitative estimate of drug-likeness (QED) is 0.840. The molecule has 1 aromatic heterocycles. The second kappa shape index (κ2) is 7.50. The maximum Gasteiger partial charge on any atom is 0.418 e. The molecule has 0 spiro atoms. The van der Waals surface area contributed by atoms with Crippen molar-refractivity contribution < 1.29 is 18.0 Å². The van der Waals surface area contributed by atoms with E-state index in [1.807, 2.05) is 6.92 Å². The summed E-state index contributed by atoms with van der Waals surface area (Å²) >= 11 is 0. The van der Waals surface area contributed by atoms with E-state index < -0.39 is 28.8 Å². The van der Waals surface area contributed by atoms with Crippen molar-refractivity contribution in [3.05, 3.63) is 57.5 Å². The van der Waals surface area contributed by atoms with Crippen LogP contribution in [-0.2, 0) is 6.18 Å². The molecule has 0 fully saturated rings. The van der Waals surface area contributed by atoms with Gasteiger partial charge in [0.1, 0.15) is 0 Å². The van der Waals surface area contributed by atoms with E-state index in [-0.39, 0.29) is 11.4 Å². The van der Waals surface area contributed by atoms with E-state index in [2.05, 4.69) is 10.4 Å². The van der Waals surface area contributed by atoms with Crippen molar-refractivity contribution in [1.29, 1.82) is 0 Å². The molecule has 0 atom stereocenters. The molecule has 0 bridgehead atoms. The number of aromatic nitrogens is 2. The SMILES string of the molecule is CCCCNC(=O)c1nn(-c2ccccc2C(F)(F)F)c(C)cc1=O. The number of alkyl halides is 3. The van der Waals surface area contributed by atoms with E-state index in [4.69, 9.17) is 0 Å². The van der Waals surface area contributed by atoms with Gasteiger partial charge in [-0.25, -0.2) is 4.68 Å². The molecule has 5 nitrogen and oxygen atoms in total. The Hall–Kier alpha value is -2.64. The van der Waals surface area contributed by atoms with Gasteiger partial charge in [-0.2, -0.15) is 18.3 Å². The summed E-state index contributed by atoms with van der Waals surface area (Å²) in [6.45, 7) is 3.77. The molecule has 2 aromatic rings. The minimum atomic E-state index is -4.59. The number of amides is 1. The molecule has 0 radical (unpaired) electrons. The summed E-state index contributed by atoms with van der Waals surface area (Å²) in [4.78, 5) is 24.1. The molecule has 0 aliphatic heterocycles. The van der Waals surface area contributed by atoms with Gasteiger partial charge < -0.3 is 5.32 Å². The highest BCUT2D eigenvalue weighted by atomic mass is 19.4. The van der Waals surface area contributed by atoms with Gasteiger partial charge in [0.05, 0.1) is 11.3 Å². The Morgan fingerprint density at radius 2 is 1.96 bits per heavy atom. The van der Waals surface area contributed by atoms with Gasteiger partial charge in [0.2, 0.25) is 5.43 Å². The Bertz CT molecular complexity index is 829. The van der Waals surface area contributed by atoms with Crippen LogP contribution in [0.3, 0.4) is 0 Å². The van der Waals surface area contributed by atoms with Gasteiger partial charge in [0.15, 0.2) is 5.69 Å². The lowest BCUT2D eigenvalue weighted by Gasteiger charge is -2.16. The fraction of sp³-hybridized carbons (Fsp3) is 0.353. The van der Waals surface area contributed by atoms with E-state index >= 15 is 0 Å². The molecule has 2 rings (SSSR count). The number of hydrogen-bond acceptors (Lipinski definition) is 3. The highest BCUT2D eigenvalue weighted by Crippen LogP contribution is 2.33. The number of carbonyl (C=O) groups excluding carboxylic acids is 1. The third-order valence-electron chi connectivity index (χ3n) is 3.58. The zero-order chi connectivity index (χ0) is 18.6. The van der Waals surface area contributed by atoms with Gasteiger partial charge in [-0.3, -0.25) is 9.59 Å². The summed E-state index contributed by atoms with van der Waals surface area (Å²) in [7, 11) is 0. The van der Waals surface area contributed by atoms with Crippen molar-refractivity contribution in [1.82, 2.24) is 15.1 Å². The minimum Gasteiger partial charge on any atom is -0.351 e. The summed E-state index contributed by atoms with van der Waals surface area (Å²) in [5.74, 6) is -0.698. The van der Waals surface area contributed by atoms with Crippen LogP contribution in [-0.4, -0.2) is 22.2 Å². The smallest absolute Gasteiger partial charge is 0.351 e. The Morgan fingerprint density at radius 3 is 2.60 bits per heavy atom. The van der Waals surface area contributed by atoms with Crippen LogP contribution in [0.2, 0.25) is 0 Å². The largest absolute Gasteiger partial charge is 0.418 e. The van der Waals surface area contributed by atoms with Crippen LogP contribution >= 0.6 is 0 Å². The third-order valence-corrected chi connectivity index (χ3v) is 3.58. The first-order chi connectivity index (χ1) is 11.8. The number of unbranched alkanes of at least 4 members (excludes halogenated alkanes) is 1. The highest BCUT2D eigenvalue weighted by Gasteiger charge is 2.34. The molecule has 0 aliphatic rings. The molecular weight excluding hydrogens is 335 g/mol. The number of hydrogen-bond donors (Lipinski definition) is 1. The van der Waals surface area contributed by atoms with Crippen LogP contribution in [0.4, 0.5) is 13.2 Å².